The maximum absolute atomic E-state index is 13.9. The number of halogens is 1. The van der Waals surface area contributed by atoms with Crippen molar-refractivity contribution in [3.63, 3.8) is 0 Å². The Morgan fingerprint density at radius 1 is 1.06 bits per heavy atom. The van der Waals surface area contributed by atoms with Crippen LogP contribution in [0.25, 0.3) is 0 Å². The number of ketones is 1. The topological polar surface area (TPSA) is 49.4 Å². The fourth-order valence-corrected chi connectivity index (χ4v) is 6.39. The van der Waals surface area contributed by atoms with Gasteiger partial charge in [-0.05, 0) is 57.6 Å². The number of carbonyl (C=O) groups is 2. The van der Waals surface area contributed by atoms with Crippen molar-refractivity contribution in [1.82, 2.24) is 0 Å². The summed E-state index contributed by atoms with van der Waals surface area (Å²) in [5.74, 6) is 0.0740. The number of nitrogens with zero attached hydrogens (tertiary/aromatic N) is 1. The maximum Gasteiger partial charge on any atom is 0.232 e. The molecule has 3 aromatic rings. The Hall–Kier alpha value is -2.70. The molecule has 1 aliphatic heterocycles. The molecule has 0 fully saturated rings. The van der Waals surface area contributed by atoms with Crippen LogP contribution in [0.15, 0.2) is 81.8 Å². The molecule has 6 heteroatoms. The van der Waals surface area contributed by atoms with Crippen LogP contribution in [0.1, 0.15) is 43.2 Å². The summed E-state index contributed by atoms with van der Waals surface area (Å²) in [6.07, 6.45) is 1.49. The molecule has 1 atom stereocenters. The SMILES string of the molecule is CC1(C)CC(=O)C2=C(C1)Nc1ccccc1N(C(=O)Cc1ccccc1)C2c1ccc(Br)s1. The molecule has 2 aliphatic rings. The molecular weight excluding hydrogens is 496 g/mol. The van der Waals surface area contributed by atoms with Gasteiger partial charge in [-0.3, -0.25) is 14.5 Å². The molecule has 1 N–H and O–H groups in total. The van der Waals surface area contributed by atoms with Crippen LogP contribution in [0.3, 0.4) is 0 Å². The van der Waals surface area contributed by atoms with Crippen LogP contribution in [0, 0.1) is 5.41 Å². The lowest BCUT2D eigenvalue weighted by molar-refractivity contribution is -0.119. The molecule has 1 amide bonds. The molecule has 1 unspecified atom stereocenters. The molecule has 2 aromatic carbocycles. The van der Waals surface area contributed by atoms with Crippen LogP contribution in [0.4, 0.5) is 11.4 Å². The van der Waals surface area contributed by atoms with E-state index in [1.807, 2.05) is 71.6 Å². The monoisotopic (exact) mass is 520 g/mol. The van der Waals surface area contributed by atoms with E-state index in [9.17, 15) is 9.59 Å². The molecule has 168 valence electrons. The summed E-state index contributed by atoms with van der Waals surface area (Å²) in [5.41, 5.74) is 4.10. The lowest BCUT2D eigenvalue weighted by Gasteiger charge is -2.36. The minimum absolute atomic E-state index is 0.0312. The van der Waals surface area contributed by atoms with Crippen molar-refractivity contribution in [3.8, 4) is 0 Å². The number of rotatable bonds is 3. The summed E-state index contributed by atoms with van der Waals surface area (Å²) in [6, 6.07) is 21.2. The van der Waals surface area contributed by atoms with Crippen molar-refractivity contribution in [2.24, 2.45) is 5.41 Å². The van der Waals surface area contributed by atoms with Crippen LogP contribution < -0.4 is 10.2 Å². The minimum Gasteiger partial charge on any atom is -0.357 e. The first kappa shape index (κ1) is 22.1. The molecule has 33 heavy (non-hydrogen) atoms. The van der Waals surface area contributed by atoms with Crippen molar-refractivity contribution >= 4 is 50.3 Å². The normalized spacial score (nSPS) is 19.4. The van der Waals surface area contributed by atoms with Gasteiger partial charge in [-0.1, -0.05) is 56.3 Å². The first-order valence-electron chi connectivity index (χ1n) is 11.1. The Morgan fingerprint density at radius 3 is 2.52 bits per heavy atom. The average Bonchev–Trinajstić information content (AvgIpc) is 3.13. The second-order valence-electron chi connectivity index (χ2n) is 9.45. The number of benzene rings is 2. The van der Waals surface area contributed by atoms with E-state index < -0.39 is 6.04 Å². The number of Topliss-reactive ketones (excluding diaryl/α,β-unsaturated/α-hetero) is 1. The Bertz CT molecular complexity index is 1260. The zero-order chi connectivity index (χ0) is 23.2. The number of allylic oxidation sites excluding steroid dienone is 1. The second-order valence-corrected chi connectivity index (χ2v) is 11.9. The van der Waals surface area contributed by atoms with E-state index in [1.165, 1.54) is 0 Å². The average molecular weight is 521 g/mol. The van der Waals surface area contributed by atoms with Gasteiger partial charge in [0.05, 0.1) is 21.6 Å². The molecule has 4 nitrogen and oxygen atoms in total. The fourth-order valence-electron chi connectivity index (χ4n) is 4.86. The van der Waals surface area contributed by atoms with Crippen LogP contribution >= 0.6 is 27.3 Å². The van der Waals surface area contributed by atoms with Gasteiger partial charge in [0.25, 0.3) is 0 Å². The number of thiophene rings is 1. The Morgan fingerprint density at radius 2 is 1.79 bits per heavy atom. The third kappa shape index (κ3) is 4.30. The predicted molar refractivity (Wildman–Crippen MR) is 138 cm³/mol. The third-order valence-corrected chi connectivity index (χ3v) is 7.91. The number of nitrogens with one attached hydrogen (secondary N) is 1. The Kier molecular flexibility index (Phi) is 5.75. The molecule has 2 heterocycles. The number of amides is 1. The van der Waals surface area contributed by atoms with Crippen molar-refractivity contribution in [3.05, 3.63) is 92.2 Å². The highest BCUT2D eigenvalue weighted by molar-refractivity contribution is 9.11. The summed E-state index contributed by atoms with van der Waals surface area (Å²) in [4.78, 5) is 30.4. The minimum atomic E-state index is -0.465. The van der Waals surface area contributed by atoms with Gasteiger partial charge in [0.1, 0.15) is 6.04 Å². The van der Waals surface area contributed by atoms with Gasteiger partial charge in [0.15, 0.2) is 5.78 Å². The highest BCUT2D eigenvalue weighted by Crippen LogP contribution is 2.49. The summed E-state index contributed by atoms with van der Waals surface area (Å²) in [5, 5.41) is 3.56. The van der Waals surface area contributed by atoms with Crippen molar-refractivity contribution < 1.29 is 9.59 Å². The van der Waals surface area contributed by atoms with Gasteiger partial charge in [-0.15, -0.1) is 11.3 Å². The van der Waals surface area contributed by atoms with E-state index in [4.69, 9.17) is 0 Å². The Balaban J connectivity index is 1.71. The van der Waals surface area contributed by atoms with Gasteiger partial charge in [-0.25, -0.2) is 0 Å². The fraction of sp³-hybridized carbons (Fsp3) is 0.259. The number of carbonyl (C=O) groups excluding carboxylic acids is 2. The van der Waals surface area contributed by atoms with Crippen LogP contribution in [0.2, 0.25) is 0 Å². The lowest BCUT2D eigenvalue weighted by Crippen LogP contribution is -2.40. The summed E-state index contributed by atoms with van der Waals surface area (Å²) in [7, 11) is 0. The van der Waals surface area contributed by atoms with E-state index in [-0.39, 0.29) is 23.5 Å². The molecule has 1 aromatic heterocycles. The summed E-state index contributed by atoms with van der Waals surface area (Å²) >= 11 is 5.15. The predicted octanol–water partition coefficient (Wildman–Crippen LogP) is 6.90. The second kappa shape index (κ2) is 8.58. The van der Waals surface area contributed by atoms with E-state index >= 15 is 0 Å². The summed E-state index contributed by atoms with van der Waals surface area (Å²) in [6.45, 7) is 4.25. The number of para-hydroxylation sites is 2. The van der Waals surface area contributed by atoms with E-state index in [0.29, 0.717) is 12.0 Å². The molecule has 0 saturated carbocycles. The molecule has 0 radical (unpaired) electrons. The number of anilines is 2. The van der Waals surface area contributed by atoms with Crippen molar-refractivity contribution in [2.45, 2.75) is 39.2 Å². The highest BCUT2D eigenvalue weighted by Gasteiger charge is 2.43. The van der Waals surface area contributed by atoms with Gasteiger partial charge in [-0.2, -0.15) is 0 Å². The molecule has 5 rings (SSSR count). The number of fused-ring (bicyclic) bond motifs is 1. The third-order valence-electron chi connectivity index (χ3n) is 6.23. The van der Waals surface area contributed by atoms with E-state index in [2.05, 4.69) is 35.1 Å². The quantitative estimate of drug-likeness (QED) is 0.408. The van der Waals surface area contributed by atoms with Crippen molar-refractivity contribution in [1.29, 1.82) is 0 Å². The largest absolute Gasteiger partial charge is 0.357 e. The van der Waals surface area contributed by atoms with E-state index in [1.54, 1.807) is 11.3 Å². The number of hydrogen-bond acceptors (Lipinski definition) is 4. The molecule has 0 spiro atoms. The first-order valence-corrected chi connectivity index (χ1v) is 12.7. The standard InChI is InChI=1S/C27H25BrN2O2S/c1-27(2)15-19-25(21(31)16-27)26(22-12-13-23(28)33-22)30(20-11-7-6-10-18(20)29-19)24(32)14-17-8-4-3-5-9-17/h3-13,26,29H,14-16H2,1-2H3. The first-order chi connectivity index (χ1) is 15.8. The number of hydrogen-bond donors (Lipinski definition) is 1. The van der Waals surface area contributed by atoms with Gasteiger partial charge in [0.2, 0.25) is 5.91 Å². The van der Waals surface area contributed by atoms with Crippen LogP contribution in [0.5, 0.6) is 0 Å². The molecule has 1 aliphatic carbocycles. The van der Waals surface area contributed by atoms with Gasteiger partial charge in [0, 0.05) is 22.6 Å². The summed E-state index contributed by atoms with van der Waals surface area (Å²) < 4.78 is 0.976. The van der Waals surface area contributed by atoms with Crippen LogP contribution in [-0.2, 0) is 16.0 Å². The molecule has 0 bridgehead atoms. The van der Waals surface area contributed by atoms with Crippen LogP contribution in [-0.4, -0.2) is 11.7 Å². The van der Waals surface area contributed by atoms with Gasteiger partial charge >= 0.3 is 0 Å². The zero-order valence-corrected chi connectivity index (χ0v) is 21.0. The Labute approximate surface area is 206 Å². The molecular formula is C27H25BrN2O2S. The lowest BCUT2D eigenvalue weighted by atomic mass is 9.74. The van der Waals surface area contributed by atoms with Crippen molar-refractivity contribution in [2.75, 3.05) is 10.2 Å². The highest BCUT2D eigenvalue weighted by atomic mass is 79.9. The van der Waals surface area contributed by atoms with E-state index in [0.717, 1.165) is 37.7 Å². The van der Waals surface area contributed by atoms with Gasteiger partial charge < -0.3 is 5.32 Å². The smallest absolute Gasteiger partial charge is 0.232 e. The zero-order valence-electron chi connectivity index (χ0n) is 18.6. The maximum atomic E-state index is 13.9. The molecule has 0 saturated heterocycles.